The summed E-state index contributed by atoms with van der Waals surface area (Å²) in [7, 11) is 1.29. The van der Waals surface area contributed by atoms with Gasteiger partial charge in [0.1, 0.15) is 0 Å². The van der Waals surface area contributed by atoms with Crippen LogP contribution in [0.3, 0.4) is 0 Å². The molecule has 3 heteroatoms. The summed E-state index contributed by atoms with van der Waals surface area (Å²) in [4.78, 5) is 11.4. The maximum absolute atomic E-state index is 11.4. The Hall–Kier alpha value is -1.35. The normalized spacial score (nSPS) is 13.9. The van der Waals surface area contributed by atoms with Crippen LogP contribution < -0.4 is 0 Å². The van der Waals surface area contributed by atoms with Crippen molar-refractivity contribution >= 4 is 5.97 Å². The summed E-state index contributed by atoms with van der Waals surface area (Å²) >= 11 is 0. The smallest absolute Gasteiger partial charge is 0.335 e. The van der Waals surface area contributed by atoms with Crippen LogP contribution in [0.4, 0.5) is 0 Å². The van der Waals surface area contributed by atoms with Gasteiger partial charge in [0.2, 0.25) is 0 Å². The zero-order chi connectivity index (χ0) is 16.4. The first kappa shape index (κ1) is 17.7. The fraction of sp³-hybridized carbons (Fsp3) is 0.611. The van der Waals surface area contributed by atoms with E-state index >= 15 is 0 Å². The highest BCUT2D eigenvalue weighted by Gasteiger charge is 2.22. The molecule has 118 valence electrons. The monoisotopic (exact) mass is 292 g/mol. The number of carbonyl (C=O) groups is 1. The minimum Gasteiger partial charge on any atom is -0.467 e. The highest BCUT2D eigenvalue weighted by Crippen LogP contribution is 2.30. The average Bonchev–Trinajstić information content (AvgIpc) is 2.35. The topological polar surface area (TPSA) is 46.5 Å². The van der Waals surface area contributed by atoms with E-state index in [0.29, 0.717) is 0 Å². The number of benzene rings is 1. The SMILES string of the molecule is COC(=O)C(O)Cc1cc(C(C)(C)C)cc(C(C)(C)C)c1. The summed E-state index contributed by atoms with van der Waals surface area (Å²) in [5.41, 5.74) is 3.42. The van der Waals surface area contributed by atoms with Gasteiger partial charge in [-0.15, -0.1) is 0 Å². The van der Waals surface area contributed by atoms with Gasteiger partial charge in [-0.25, -0.2) is 4.79 Å². The number of rotatable bonds is 3. The van der Waals surface area contributed by atoms with E-state index in [-0.39, 0.29) is 17.3 Å². The van der Waals surface area contributed by atoms with Crippen LogP contribution in [0.5, 0.6) is 0 Å². The zero-order valence-corrected chi connectivity index (χ0v) is 14.3. The lowest BCUT2D eigenvalue weighted by Gasteiger charge is -2.26. The van der Waals surface area contributed by atoms with Crippen molar-refractivity contribution in [3.63, 3.8) is 0 Å². The molecule has 1 atom stereocenters. The predicted molar refractivity (Wildman–Crippen MR) is 85.6 cm³/mol. The molecular weight excluding hydrogens is 264 g/mol. The van der Waals surface area contributed by atoms with E-state index in [4.69, 9.17) is 0 Å². The Morgan fingerprint density at radius 3 is 1.81 bits per heavy atom. The second-order valence-electron chi connectivity index (χ2n) is 7.66. The second kappa shape index (κ2) is 6.18. The number of aliphatic hydroxyl groups is 1. The lowest BCUT2D eigenvalue weighted by atomic mass is 9.79. The van der Waals surface area contributed by atoms with Crippen molar-refractivity contribution in [1.82, 2.24) is 0 Å². The van der Waals surface area contributed by atoms with E-state index in [1.165, 1.54) is 18.2 Å². The van der Waals surface area contributed by atoms with E-state index in [2.05, 4.69) is 64.5 Å². The molecule has 1 rings (SSSR count). The van der Waals surface area contributed by atoms with Crippen LogP contribution in [0.25, 0.3) is 0 Å². The van der Waals surface area contributed by atoms with Gasteiger partial charge < -0.3 is 9.84 Å². The van der Waals surface area contributed by atoms with Gasteiger partial charge in [0.25, 0.3) is 0 Å². The molecule has 0 spiro atoms. The van der Waals surface area contributed by atoms with Gasteiger partial charge >= 0.3 is 5.97 Å². The summed E-state index contributed by atoms with van der Waals surface area (Å²) in [6.07, 6.45) is -0.835. The number of esters is 1. The Bertz CT molecular complexity index is 472. The zero-order valence-electron chi connectivity index (χ0n) is 14.3. The van der Waals surface area contributed by atoms with Crippen LogP contribution in [0.2, 0.25) is 0 Å². The Balaban J connectivity index is 3.23. The number of ether oxygens (including phenoxy) is 1. The minimum absolute atomic E-state index is 0.0201. The van der Waals surface area contributed by atoms with Gasteiger partial charge in [-0.2, -0.15) is 0 Å². The molecule has 0 aliphatic carbocycles. The van der Waals surface area contributed by atoms with E-state index < -0.39 is 12.1 Å². The maximum Gasteiger partial charge on any atom is 0.335 e. The molecule has 0 radical (unpaired) electrons. The van der Waals surface area contributed by atoms with E-state index in [9.17, 15) is 9.90 Å². The molecule has 1 aromatic rings. The van der Waals surface area contributed by atoms with Crippen molar-refractivity contribution in [1.29, 1.82) is 0 Å². The first-order valence-corrected chi connectivity index (χ1v) is 7.36. The number of hydrogen-bond acceptors (Lipinski definition) is 3. The van der Waals surface area contributed by atoms with Crippen LogP contribution >= 0.6 is 0 Å². The Labute approximate surface area is 128 Å². The number of methoxy groups -OCH3 is 1. The van der Waals surface area contributed by atoms with Crippen molar-refractivity contribution in [2.24, 2.45) is 0 Å². The molecule has 0 aromatic heterocycles. The first-order chi connectivity index (χ1) is 9.45. The Kier molecular flexibility index (Phi) is 5.21. The summed E-state index contributed by atoms with van der Waals surface area (Å²) < 4.78 is 4.59. The number of aliphatic hydroxyl groups excluding tert-OH is 1. The van der Waals surface area contributed by atoms with Gasteiger partial charge in [0.05, 0.1) is 7.11 Å². The molecule has 0 aliphatic heterocycles. The maximum atomic E-state index is 11.4. The predicted octanol–water partition coefficient (Wildman–Crippen LogP) is 3.36. The summed E-state index contributed by atoms with van der Waals surface area (Å²) in [5.74, 6) is -0.589. The van der Waals surface area contributed by atoms with Crippen molar-refractivity contribution in [3.05, 3.63) is 34.9 Å². The first-order valence-electron chi connectivity index (χ1n) is 7.36. The van der Waals surface area contributed by atoms with Crippen molar-refractivity contribution in [2.75, 3.05) is 7.11 Å². The third-order valence-corrected chi connectivity index (χ3v) is 3.63. The molecule has 0 amide bonds. The highest BCUT2D eigenvalue weighted by atomic mass is 16.5. The molecule has 0 heterocycles. The van der Waals surface area contributed by atoms with Gasteiger partial charge in [0.15, 0.2) is 6.10 Å². The van der Waals surface area contributed by atoms with Gasteiger partial charge in [0, 0.05) is 6.42 Å². The fourth-order valence-electron chi connectivity index (χ4n) is 2.12. The van der Waals surface area contributed by atoms with E-state index in [1.54, 1.807) is 0 Å². The van der Waals surface area contributed by atoms with Crippen LogP contribution in [0.1, 0.15) is 58.2 Å². The van der Waals surface area contributed by atoms with Gasteiger partial charge in [-0.3, -0.25) is 0 Å². The molecule has 0 aliphatic rings. The molecule has 21 heavy (non-hydrogen) atoms. The highest BCUT2D eigenvalue weighted by molar-refractivity contribution is 5.74. The Morgan fingerprint density at radius 2 is 1.48 bits per heavy atom. The molecule has 1 N–H and O–H groups in total. The quantitative estimate of drug-likeness (QED) is 0.869. The number of hydrogen-bond donors (Lipinski definition) is 1. The van der Waals surface area contributed by atoms with E-state index in [1.807, 2.05) is 0 Å². The third kappa shape index (κ3) is 4.85. The average molecular weight is 292 g/mol. The molecule has 0 fully saturated rings. The molecule has 0 saturated heterocycles. The van der Waals surface area contributed by atoms with Crippen LogP contribution in [0, 0.1) is 0 Å². The molecule has 0 bridgehead atoms. The second-order valence-corrected chi connectivity index (χ2v) is 7.66. The molecular formula is C18H28O3. The van der Waals surface area contributed by atoms with Crippen molar-refractivity contribution < 1.29 is 14.6 Å². The summed E-state index contributed by atoms with van der Waals surface area (Å²) in [6.45, 7) is 13.0. The van der Waals surface area contributed by atoms with Crippen molar-refractivity contribution in [3.8, 4) is 0 Å². The van der Waals surface area contributed by atoms with E-state index in [0.717, 1.165) is 5.56 Å². The lowest BCUT2D eigenvalue weighted by Crippen LogP contribution is -2.25. The summed E-state index contributed by atoms with van der Waals surface area (Å²) in [5, 5.41) is 9.88. The summed E-state index contributed by atoms with van der Waals surface area (Å²) in [6, 6.07) is 6.36. The van der Waals surface area contributed by atoms with Crippen LogP contribution in [-0.4, -0.2) is 24.3 Å². The van der Waals surface area contributed by atoms with Crippen LogP contribution in [-0.2, 0) is 26.8 Å². The minimum atomic E-state index is -1.11. The number of carbonyl (C=O) groups excluding carboxylic acids is 1. The van der Waals surface area contributed by atoms with Crippen LogP contribution in [0.15, 0.2) is 18.2 Å². The molecule has 3 nitrogen and oxygen atoms in total. The molecule has 0 saturated carbocycles. The Morgan fingerprint density at radius 1 is 1.05 bits per heavy atom. The molecule has 1 unspecified atom stereocenters. The lowest BCUT2D eigenvalue weighted by molar-refractivity contribution is -0.150. The van der Waals surface area contributed by atoms with Crippen molar-refractivity contribution in [2.45, 2.75) is 64.9 Å². The third-order valence-electron chi connectivity index (χ3n) is 3.63. The van der Waals surface area contributed by atoms with Gasteiger partial charge in [-0.05, 0) is 27.5 Å². The van der Waals surface area contributed by atoms with Gasteiger partial charge in [-0.1, -0.05) is 59.7 Å². The largest absolute Gasteiger partial charge is 0.467 e. The standard InChI is InChI=1S/C18H28O3/c1-17(2,3)13-8-12(10-15(19)16(20)21-7)9-14(11-13)18(4,5)6/h8-9,11,15,19H,10H2,1-7H3. The fourth-order valence-corrected chi connectivity index (χ4v) is 2.12. The molecule has 1 aromatic carbocycles.